The van der Waals surface area contributed by atoms with Gasteiger partial charge in [0.25, 0.3) is 0 Å². The number of benzene rings is 5. The fourth-order valence-electron chi connectivity index (χ4n) is 6.54. The Balaban J connectivity index is 1.38. The third-order valence-corrected chi connectivity index (χ3v) is 8.53. The van der Waals surface area contributed by atoms with Crippen LogP contribution < -0.4 is 0 Å². The minimum absolute atomic E-state index is 0.821. The summed E-state index contributed by atoms with van der Waals surface area (Å²) in [5, 5.41) is 7.00. The van der Waals surface area contributed by atoms with Gasteiger partial charge in [-0.3, -0.25) is 4.98 Å². The molecule has 0 aliphatic carbocycles. The van der Waals surface area contributed by atoms with Gasteiger partial charge in [0, 0.05) is 22.5 Å². The molecule has 0 saturated carbocycles. The average molecular weight is 568 g/mol. The number of allylic oxidation sites excluding steroid dienone is 7. The molecule has 0 N–H and O–H groups in total. The lowest BCUT2D eigenvalue weighted by molar-refractivity contribution is 0.668. The second-order valence-corrected chi connectivity index (χ2v) is 11.4. The van der Waals surface area contributed by atoms with Crippen LogP contribution in [-0.4, -0.2) is 4.98 Å². The largest absolute Gasteiger partial charge is 0.454 e. The van der Waals surface area contributed by atoms with Crippen LogP contribution in [0.25, 0.3) is 65.9 Å². The van der Waals surface area contributed by atoms with E-state index in [0.29, 0.717) is 0 Å². The van der Waals surface area contributed by atoms with Crippen LogP contribution in [0.5, 0.6) is 0 Å². The van der Waals surface area contributed by atoms with Crippen molar-refractivity contribution in [3.63, 3.8) is 0 Å². The lowest BCUT2D eigenvalue weighted by atomic mass is 9.89. The standard InChI is InChI=1S/C42H33NO/c1-5-12-27(2)40(32-20-19-30-13-6-7-14-31(30)26-32)29(4)25-28(3)33-21-22-37(35-16-9-8-15-34(33)35)41-42-38(23-24-43-41)36-17-10-11-18-39(36)44-42/h5-26H,1H2,2-4H3. The Kier molecular flexibility index (Phi) is 7.04. The minimum Gasteiger partial charge on any atom is -0.454 e. The van der Waals surface area contributed by atoms with Gasteiger partial charge < -0.3 is 4.42 Å². The molecular formula is C42H33NO. The van der Waals surface area contributed by atoms with Crippen LogP contribution in [0.2, 0.25) is 0 Å². The second-order valence-electron chi connectivity index (χ2n) is 11.4. The number of aromatic nitrogens is 1. The van der Waals surface area contributed by atoms with E-state index in [1.165, 1.54) is 49.6 Å². The van der Waals surface area contributed by atoms with Crippen LogP contribution in [0, 0.1) is 0 Å². The van der Waals surface area contributed by atoms with Gasteiger partial charge in [0.1, 0.15) is 11.3 Å². The molecule has 0 atom stereocenters. The average Bonchev–Trinajstić information content (AvgIpc) is 3.43. The molecule has 5 aromatic carbocycles. The van der Waals surface area contributed by atoms with E-state index >= 15 is 0 Å². The molecule has 2 nitrogen and oxygen atoms in total. The smallest absolute Gasteiger partial charge is 0.161 e. The first-order valence-corrected chi connectivity index (χ1v) is 15.0. The van der Waals surface area contributed by atoms with Gasteiger partial charge in [0.15, 0.2) is 5.58 Å². The van der Waals surface area contributed by atoms with Crippen molar-refractivity contribution in [2.75, 3.05) is 0 Å². The van der Waals surface area contributed by atoms with Gasteiger partial charge in [0.2, 0.25) is 0 Å². The Morgan fingerprint density at radius 3 is 2.25 bits per heavy atom. The van der Waals surface area contributed by atoms with Crippen molar-refractivity contribution in [2.24, 2.45) is 0 Å². The van der Waals surface area contributed by atoms with Crippen LogP contribution in [0.3, 0.4) is 0 Å². The molecule has 44 heavy (non-hydrogen) atoms. The van der Waals surface area contributed by atoms with Crippen LogP contribution >= 0.6 is 0 Å². The maximum absolute atomic E-state index is 6.36. The molecule has 2 heterocycles. The Hall–Kier alpha value is -5.47. The second kappa shape index (κ2) is 11.3. The normalized spacial score (nSPS) is 13.2. The fourth-order valence-corrected chi connectivity index (χ4v) is 6.54. The molecule has 0 bridgehead atoms. The summed E-state index contributed by atoms with van der Waals surface area (Å²) >= 11 is 0. The molecular weight excluding hydrogens is 534 g/mol. The minimum atomic E-state index is 0.821. The fraction of sp³-hybridized carbons (Fsp3) is 0.0714. The molecule has 7 rings (SSSR count). The van der Waals surface area contributed by atoms with Crippen LogP contribution in [0.4, 0.5) is 0 Å². The Labute approximate surface area is 258 Å². The van der Waals surface area contributed by atoms with Crippen LogP contribution in [0.15, 0.2) is 156 Å². The van der Waals surface area contributed by atoms with Gasteiger partial charge >= 0.3 is 0 Å². The Morgan fingerprint density at radius 1 is 0.705 bits per heavy atom. The molecule has 0 amide bonds. The van der Waals surface area contributed by atoms with Crippen molar-refractivity contribution in [3.8, 4) is 11.3 Å². The van der Waals surface area contributed by atoms with Gasteiger partial charge in [-0.2, -0.15) is 0 Å². The van der Waals surface area contributed by atoms with E-state index in [1.807, 2.05) is 36.5 Å². The quantitative estimate of drug-likeness (QED) is 0.187. The van der Waals surface area contributed by atoms with E-state index < -0.39 is 0 Å². The lowest BCUT2D eigenvalue weighted by Gasteiger charge is -2.15. The van der Waals surface area contributed by atoms with Crippen molar-refractivity contribution in [2.45, 2.75) is 20.8 Å². The predicted molar refractivity (Wildman–Crippen MR) is 189 cm³/mol. The molecule has 7 aromatic rings. The van der Waals surface area contributed by atoms with E-state index in [9.17, 15) is 0 Å². The van der Waals surface area contributed by atoms with Gasteiger partial charge in [-0.15, -0.1) is 0 Å². The van der Waals surface area contributed by atoms with E-state index in [4.69, 9.17) is 9.40 Å². The highest BCUT2D eigenvalue weighted by molar-refractivity contribution is 6.12. The van der Waals surface area contributed by atoms with E-state index in [2.05, 4.69) is 124 Å². The van der Waals surface area contributed by atoms with E-state index in [-0.39, 0.29) is 0 Å². The molecule has 0 aliphatic heterocycles. The Bertz CT molecular complexity index is 2330. The van der Waals surface area contributed by atoms with Crippen molar-refractivity contribution in [1.82, 2.24) is 4.98 Å². The third kappa shape index (κ3) is 4.75. The van der Waals surface area contributed by atoms with Gasteiger partial charge in [0.05, 0.1) is 0 Å². The van der Waals surface area contributed by atoms with Gasteiger partial charge in [-0.25, -0.2) is 0 Å². The first-order chi connectivity index (χ1) is 21.5. The summed E-state index contributed by atoms with van der Waals surface area (Å²) in [7, 11) is 0. The first kappa shape index (κ1) is 27.4. The maximum Gasteiger partial charge on any atom is 0.161 e. The van der Waals surface area contributed by atoms with E-state index in [0.717, 1.165) is 38.6 Å². The lowest BCUT2D eigenvalue weighted by Crippen LogP contribution is -1.93. The molecule has 0 saturated heterocycles. The van der Waals surface area contributed by atoms with Crippen molar-refractivity contribution >= 4 is 54.6 Å². The topological polar surface area (TPSA) is 26.0 Å². The van der Waals surface area contributed by atoms with Crippen molar-refractivity contribution in [3.05, 3.63) is 162 Å². The summed E-state index contributed by atoms with van der Waals surface area (Å²) in [6, 6.07) is 38.5. The molecule has 0 unspecified atom stereocenters. The predicted octanol–water partition coefficient (Wildman–Crippen LogP) is 12.0. The molecule has 0 radical (unpaired) electrons. The summed E-state index contributed by atoms with van der Waals surface area (Å²) in [4.78, 5) is 4.83. The number of pyridine rings is 1. The number of rotatable bonds is 6. The van der Waals surface area contributed by atoms with Crippen LogP contribution in [-0.2, 0) is 0 Å². The summed E-state index contributed by atoms with van der Waals surface area (Å²) in [5.41, 5.74) is 10.8. The summed E-state index contributed by atoms with van der Waals surface area (Å²) in [6.45, 7) is 10.5. The monoisotopic (exact) mass is 567 g/mol. The summed E-state index contributed by atoms with van der Waals surface area (Å²) in [6.07, 6.45) is 8.15. The number of nitrogens with zero attached hydrogens (tertiary/aromatic N) is 1. The zero-order chi connectivity index (χ0) is 30.2. The van der Waals surface area contributed by atoms with E-state index in [1.54, 1.807) is 0 Å². The van der Waals surface area contributed by atoms with Crippen molar-refractivity contribution < 1.29 is 4.42 Å². The molecule has 0 spiro atoms. The number of hydrogen-bond acceptors (Lipinski definition) is 2. The molecule has 0 aliphatic rings. The first-order valence-electron chi connectivity index (χ1n) is 15.0. The van der Waals surface area contributed by atoms with Gasteiger partial charge in [-0.1, -0.05) is 116 Å². The summed E-state index contributed by atoms with van der Waals surface area (Å²) < 4.78 is 6.36. The summed E-state index contributed by atoms with van der Waals surface area (Å²) in [5.74, 6) is 0. The highest BCUT2D eigenvalue weighted by atomic mass is 16.3. The molecule has 212 valence electrons. The van der Waals surface area contributed by atoms with Gasteiger partial charge in [-0.05, 0) is 93.9 Å². The molecule has 0 fully saturated rings. The molecule has 2 heteroatoms. The number of para-hydroxylation sites is 1. The number of furan rings is 1. The zero-order valence-corrected chi connectivity index (χ0v) is 25.3. The maximum atomic E-state index is 6.36. The highest BCUT2D eigenvalue weighted by Crippen LogP contribution is 2.39. The Morgan fingerprint density at radius 2 is 1.43 bits per heavy atom. The number of fused-ring (bicyclic) bond motifs is 5. The third-order valence-electron chi connectivity index (χ3n) is 8.53. The SMILES string of the molecule is C=CC=C(C)C(=C(C)C=C(C)c1ccc(-c2nccc3c2oc2ccccc23)c2ccccc12)c1ccc2ccccc2c1. The highest BCUT2D eigenvalue weighted by Gasteiger charge is 2.17. The zero-order valence-electron chi connectivity index (χ0n) is 25.3. The molecule has 2 aromatic heterocycles. The van der Waals surface area contributed by atoms with Crippen molar-refractivity contribution in [1.29, 1.82) is 0 Å². The van der Waals surface area contributed by atoms with Crippen LogP contribution in [0.1, 0.15) is 31.9 Å². The number of hydrogen-bond donors (Lipinski definition) is 0.